The van der Waals surface area contributed by atoms with Crippen molar-refractivity contribution in [2.45, 2.75) is 88.3 Å². The molecule has 0 aromatic heterocycles. The van der Waals surface area contributed by atoms with Crippen LogP contribution >= 0.6 is 0 Å². The highest BCUT2D eigenvalue weighted by molar-refractivity contribution is 5.66. The molecule has 1 aliphatic carbocycles. The Labute approximate surface area is 127 Å². The van der Waals surface area contributed by atoms with Gasteiger partial charge in [-0.05, 0) is 51.5 Å². The van der Waals surface area contributed by atoms with Gasteiger partial charge in [-0.3, -0.25) is 9.69 Å². The molecule has 0 aromatic carbocycles. The standard InChI is InChI=1S/C17H29NO3/c19-16(20)7-6-14-5-1-4-11-18(14)15-8-12-21-17(13-15)9-2-3-10-17/h14-15H,1-13H2,(H,19,20). The van der Waals surface area contributed by atoms with E-state index in [1.807, 2.05) is 0 Å². The molecule has 1 spiro atoms. The number of rotatable bonds is 4. The molecular weight excluding hydrogens is 266 g/mol. The summed E-state index contributed by atoms with van der Waals surface area (Å²) in [7, 11) is 0. The van der Waals surface area contributed by atoms with Gasteiger partial charge in [0.05, 0.1) is 5.60 Å². The Morgan fingerprint density at radius 1 is 1.19 bits per heavy atom. The first-order chi connectivity index (χ1) is 10.2. The Balaban J connectivity index is 1.63. The normalized spacial score (nSPS) is 33.3. The highest BCUT2D eigenvalue weighted by Gasteiger charge is 2.42. The van der Waals surface area contributed by atoms with Crippen molar-refractivity contribution in [2.24, 2.45) is 0 Å². The first-order valence-corrected chi connectivity index (χ1v) is 8.80. The monoisotopic (exact) mass is 295 g/mol. The van der Waals surface area contributed by atoms with Crippen LogP contribution in [0.25, 0.3) is 0 Å². The first kappa shape index (κ1) is 15.3. The van der Waals surface area contributed by atoms with Crippen LogP contribution in [0, 0.1) is 0 Å². The fourth-order valence-corrected chi connectivity index (χ4v) is 4.76. The highest BCUT2D eigenvalue weighted by Crippen LogP contribution is 2.42. The van der Waals surface area contributed by atoms with Crippen LogP contribution in [0.2, 0.25) is 0 Å². The molecular formula is C17H29NO3. The average Bonchev–Trinajstić information content (AvgIpc) is 2.93. The number of ether oxygens (including phenoxy) is 1. The van der Waals surface area contributed by atoms with Crippen molar-refractivity contribution in [1.82, 2.24) is 4.90 Å². The van der Waals surface area contributed by atoms with E-state index < -0.39 is 5.97 Å². The van der Waals surface area contributed by atoms with Gasteiger partial charge in [-0.25, -0.2) is 0 Å². The second kappa shape index (κ2) is 6.66. The molecule has 0 amide bonds. The van der Waals surface area contributed by atoms with E-state index in [0.29, 0.717) is 18.5 Å². The Morgan fingerprint density at radius 3 is 2.76 bits per heavy atom. The number of carboxylic acids is 1. The van der Waals surface area contributed by atoms with E-state index in [1.54, 1.807) is 0 Å². The number of hydrogen-bond acceptors (Lipinski definition) is 3. The lowest BCUT2D eigenvalue weighted by Crippen LogP contribution is -2.52. The molecule has 4 nitrogen and oxygen atoms in total. The molecule has 0 aromatic rings. The lowest BCUT2D eigenvalue weighted by molar-refractivity contribution is -0.138. The van der Waals surface area contributed by atoms with Gasteiger partial charge in [0, 0.05) is 25.1 Å². The third kappa shape index (κ3) is 3.59. The summed E-state index contributed by atoms with van der Waals surface area (Å²) in [5.74, 6) is -0.653. The van der Waals surface area contributed by atoms with E-state index >= 15 is 0 Å². The Hall–Kier alpha value is -0.610. The molecule has 3 rings (SSSR count). The van der Waals surface area contributed by atoms with E-state index in [2.05, 4.69) is 4.90 Å². The summed E-state index contributed by atoms with van der Waals surface area (Å²) < 4.78 is 6.16. The van der Waals surface area contributed by atoms with E-state index in [1.165, 1.54) is 51.4 Å². The van der Waals surface area contributed by atoms with Crippen molar-refractivity contribution < 1.29 is 14.6 Å². The number of carbonyl (C=O) groups is 1. The molecule has 1 N–H and O–H groups in total. The van der Waals surface area contributed by atoms with Gasteiger partial charge in [0.1, 0.15) is 0 Å². The second-order valence-electron chi connectivity index (χ2n) is 7.21. The molecule has 3 aliphatic rings. The summed E-state index contributed by atoms with van der Waals surface area (Å²) in [6.45, 7) is 2.05. The summed E-state index contributed by atoms with van der Waals surface area (Å²) in [4.78, 5) is 13.5. The molecule has 4 heteroatoms. The quantitative estimate of drug-likeness (QED) is 0.865. The van der Waals surface area contributed by atoms with Crippen molar-refractivity contribution in [3.8, 4) is 0 Å². The molecule has 2 saturated heterocycles. The Morgan fingerprint density at radius 2 is 2.00 bits per heavy atom. The maximum absolute atomic E-state index is 10.9. The van der Waals surface area contributed by atoms with Gasteiger partial charge in [-0.2, -0.15) is 0 Å². The molecule has 3 fully saturated rings. The smallest absolute Gasteiger partial charge is 0.303 e. The summed E-state index contributed by atoms with van der Waals surface area (Å²) >= 11 is 0. The topological polar surface area (TPSA) is 49.8 Å². The third-order valence-corrected chi connectivity index (χ3v) is 5.81. The molecule has 21 heavy (non-hydrogen) atoms. The largest absolute Gasteiger partial charge is 0.481 e. The van der Waals surface area contributed by atoms with Gasteiger partial charge >= 0.3 is 5.97 Å². The maximum atomic E-state index is 10.9. The van der Waals surface area contributed by atoms with Crippen LogP contribution in [-0.4, -0.2) is 46.8 Å². The van der Waals surface area contributed by atoms with Crippen LogP contribution in [0.5, 0.6) is 0 Å². The van der Waals surface area contributed by atoms with Crippen LogP contribution in [0.3, 0.4) is 0 Å². The third-order valence-electron chi connectivity index (χ3n) is 5.81. The highest BCUT2D eigenvalue weighted by atomic mass is 16.5. The van der Waals surface area contributed by atoms with Crippen LogP contribution in [0.1, 0.15) is 70.6 Å². The lowest BCUT2D eigenvalue weighted by Gasteiger charge is -2.47. The van der Waals surface area contributed by atoms with E-state index in [-0.39, 0.29) is 5.60 Å². The van der Waals surface area contributed by atoms with Crippen molar-refractivity contribution in [2.75, 3.05) is 13.2 Å². The van der Waals surface area contributed by atoms with Gasteiger partial charge in [0.15, 0.2) is 0 Å². The van der Waals surface area contributed by atoms with Crippen molar-refractivity contribution in [3.63, 3.8) is 0 Å². The van der Waals surface area contributed by atoms with E-state index in [0.717, 1.165) is 26.0 Å². The predicted octanol–water partition coefficient (Wildman–Crippen LogP) is 3.20. The molecule has 2 atom stereocenters. The number of hydrogen-bond donors (Lipinski definition) is 1. The fraction of sp³-hybridized carbons (Fsp3) is 0.941. The molecule has 120 valence electrons. The summed E-state index contributed by atoms with van der Waals surface area (Å²) in [5.41, 5.74) is 0.164. The number of likely N-dealkylation sites (tertiary alicyclic amines) is 1. The zero-order chi connectivity index (χ0) is 14.7. The van der Waals surface area contributed by atoms with Crippen LogP contribution < -0.4 is 0 Å². The van der Waals surface area contributed by atoms with Gasteiger partial charge in [0.25, 0.3) is 0 Å². The summed E-state index contributed by atoms with van der Waals surface area (Å²) in [6, 6.07) is 1.10. The number of carboxylic acid groups (broad SMARTS) is 1. The number of aliphatic carboxylic acids is 1. The minimum Gasteiger partial charge on any atom is -0.481 e. The van der Waals surface area contributed by atoms with Gasteiger partial charge in [-0.1, -0.05) is 19.3 Å². The SMILES string of the molecule is O=C(O)CCC1CCCCN1C1CCOC2(CCCC2)C1. The predicted molar refractivity (Wildman–Crippen MR) is 81.4 cm³/mol. The van der Waals surface area contributed by atoms with Crippen molar-refractivity contribution >= 4 is 5.97 Å². The Kier molecular flexibility index (Phi) is 4.85. The molecule has 2 heterocycles. The van der Waals surface area contributed by atoms with Gasteiger partial charge in [0.2, 0.25) is 0 Å². The minimum absolute atomic E-state index is 0.164. The molecule has 0 bridgehead atoms. The number of nitrogens with zero attached hydrogens (tertiary/aromatic N) is 1. The zero-order valence-corrected chi connectivity index (χ0v) is 13.1. The van der Waals surface area contributed by atoms with E-state index in [4.69, 9.17) is 9.84 Å². The molecule has 2 unspecified atom stereocenters. The average molecular weight is 295 g/mol. The maximum Gasteiger partial charge on any atom is 0.303 e. The first-order valence-electron chi connectivity index (χ1n) is 8.80. The lowest BCUT2D eigenvalue weighted by atomic mass is 9.85. The van der Waals surface area contributed by atoms with Gasteiger partial charge in [-0.15, -0.1) is 0 Å². The van der Waals surface area contributed by atoms with Crippen LogP contribution in [0.15, 0.2) is 0 Å². The van der Waals surface area contributed by atoms with Crippen LogP contribution in [-0.2, 0) is 9.53 Å². The second-order valence-corrected chi connectivity index (χ2v) is 7.21. The zero-order valence-electron chi connectivity index (χ0n) is 13.1. The Bertz CT molecular complexity index is 365. The van der Waals surface area contributed by atoms with E-state index in [9.17, 15) is 4.79 Å². The summed E-state index contributed by atoms with van der Waals surface area (Å²) in [5, 5.41) is 8.97. The molecule has 0 radical (unpaired) electrons. The number of piperidine rings is 1. The van der Waals surface area contributed by atoms with Crippen molar-refractivity contribution in [3.05, 3.63) is 0 Å². The minimum atomic E-state index is -0.653. The fourth-order valence-electron chi connectivity index (χ4n) is 4.76. The summed E-state index contributed by atoms with van der Waals surface area (Å²) in [6.07, 6.45) is 12.2. The van der Waals surface area contributed by atoms with Gasteiger partial charge < -0.3 is 9.84 Å². The van der Waals surface area contributed by atoms with Crippen molar-refractivity contribution in [1.29, 1.82) is 0 Å². The molecule has 1 saturated carbocycles. The van der Waals surface area contributed by atoms with Crippen LogP contribution in [0.4, 0.5) is 0 Å². The molecule has 2 aliphatic heterocycles.